The molecule has 0 saturated heterocycles. The van der Waals surface area contributed by atoms with Gasteiger partial charge in [-0.25, -0.2) is 9.59 Å². The zero-order valence-electron chi connectivity index (χ0n) is 5.57. The van der Waals surface area contributed by atoms with E-state index in [1.165, 1.54) is 0 Å². The van der Waals surface area contributed by atoms with Crippen molar-refractivity contribution in [1.29, 1.82) is 0 Å². The highest BCUT2D eigenvalue weighted by molar-refractivity contribution is 5.94. The van der Waals surface area contributed by atoms with Crippen LogP contribution in [0.2, 0.25) is 0 Å². The molecule has 0 aliphatic heterocycles. The molecule has 0 heterocycles. The Morgan fingerprint density at radius 2 is 2.00 bits per heavy atom. The molecule has 6 nitrogen and oxygen atoms in total. The van der Waals surface area contributed by atoms with Gasteiger partial charge in [-0.2, -0.15) is 0 Å². The maximum Gasteiger partial charge on any atom is 0.333 e. The van der Waals surface area contributed by atoms with Gasteiger partial charge in [-0.3, -0.25) is 11.3 Å². The third-order valence-corrected chi connectivity index (χ3v) is 0.865. The number of hydrogen-bond acceptors (Lipinski definition) is 4. The van der Waals surface area contributed by atoms with Crippen LogP contribution < -0.4 is 11.3 Å². The molecule has 0 amide bonds. The van der Waals surface area contributed by atoms with Crippen LogP contribution in [0.4, 0.5) is 0 Å². The van der Waals surface area contributed by atoms with Gasteiger partial charge in [0.1, 0.15) is 0 Å². The summed E-state index contributed by atoms with van der Waals surface area (Å²) in [5.74, 6) is 2.19. The minimum atomic E-state index is -1.31. The molecule has 0 bridgehead atoms. The zero-order valence-corrected chi connectivity index (χ0v) is 5.57. The number of carboxylic acids is 2. The normalized spacial score (nSPS) is 11.2. The topological polar surface area (TPSA) is 113 Å². The lowest BCUT2D eigenvalue weighted by Crippen LogP contribution is -2.27. The van der Waals surface area contributed by atoms with E-state index >= 15 is 0 Å². The Bertz CT molecular complexity index is 199. The van der Waals surface area contributed by atoms with E-state index in [4.69, 9.17) is 16.1 Å². The number of rotatable bonds is 4. The van der Waals surface area contributed by atoms with Crippen molar-refractivity contribution in [3.63, 3.8) is 0 Å². The highest BCUT2D eigenvalue weighted by Crippen LogP contribution is 1.91. The second kappa shape index (κ2) is 4.42. The van der Waals surface area contributed by atoms with Crippen molar-refractivity contribution in [2.24, 2.45) is 5.84 Å². The van der Waals surface area contributed by atoms with E-state index in [0.29, 0.717) is 6.08 Å². The molecule has 5 N–H and O–H groups in total. The summed E-state index contributed by atoms with van der Waals surface area (Å²) < 4.78 is 0. The Balaban J connectivity index is 4.32. The molecule has 62 valence electrons. The van der Waals surface area contributed by atoms with Crippen LogP contribution in [0.5, 0.6) is 0 Å². The number of hydrazine groups is 1. The summed E-state index contributed by atoms with van der Waals surface area (Å²) in [6.07, 6.45) is 0.586. The fourth-order valence-electron chi connectivity index (χ4n) is 0.447. The number of carbonyl (C=O) groups is 2. The van der Waals surface area contributed by atoms with Crippen molar-refractivity contribution in [3.05, 3.63) is 11.6 Å². The van der Waals surface area contributed by atoms with Crippen LogP contribution in [-0.4, -0.2) is 28.7 Å². The van der Waals surface area contributed by atoms with Gasteiger partial charge in [-0.1, -0.05) is 0 Å². The number of hydrogen-bond donors (Lipinski definition) is 4. The molecule has 0 aromatic rings. The quantitative estimate of drug-likeness (QED) is 0.227. The minimum Gasteiger partial charge on any atom is -0.478 e. The summed E-state index contributed by atoms with van der Waals surface area (Å²) in [7, 11) is 0. The third-order valence-electron chi connectivity index (χ3n) is 0.865. The zero-order chi connectivity index (χ0) is 8.85. The van der Waals surface area contributed by atoms with E-state index in [0.717, 1.165) is 0 Å². The molecule has 0 fully saturated rings. The Kier molecular flexibility index (Phi) is 3.86. The SMILES string of the molecule is NNC/C(=C\C(=O)O)C(=O)O. The van der Waals surface area contributed by atoms with Crippen LogP contribution in [0.15, 0.2) is 11.6 Å². The molecular weight excluding hydrogens is 152 g/mol. The molecule has 0 saturated carbocycles. The van der Waals surface area contributed by atoms with E-state index in [1.807, 2.05) is 5.43 Å². The Morgan fingerprint density at radius 3 is 2.27 bits per heavy atom. The fourth-order valence-corrected chi connectivity index (χ4v) is 0.447. The first kappa shape index (κ1) is 9.60. The molecule has 0 aliphatic rings. The average molecular weight is 160 g/mol. The van der Waals surface area contributed by atoms with Gasteiger partial charge < -0.3 is 10.2 Å². The maximum atomic E-state index is 10.2. The molecule has 6 heteroatoms. The molecule has 0 aromatic carbocycles. The number of nitrogens with one attached hydrogen (secondary N) is 1. The van der Waals surface area contributed by atoms with Crippen molar-refractivity contribution in [3.8, 4) is 0 Å². The largest absolute Gasteiger partial charge is 0.478 e. The molecule has 11 heavy (non-hydrogen) atoms. The van der Waals surface area contributed by atoms with Crippen LogP contribution in [0.3, 0.4) is 0 Å². The van der Waals surface area contributed by atoms with Crippen LogP contribution in [0.1, 0.15) is 0 Å². The van der Waals surface area contributed by atoms with Crippen molar-refractivity contribution in [2.45, 2.75) is 0 Å². The maximum absolute atomic E-state index is 10.2. The van der Waals surface area contributed by atoms with E-state index in [-0.39, 0.29) is 12.1 Å². The first-order valence-corrected chi connectivity index (χ1v) is 2.68. The molecule has 0 radical (unpaired) electrons. The minimum absolute atomic E-state index is 0.179. The van der Waals surface area contributed by atoms with Crippen molar-refractivity contribution < 1.29 is 19.8 Å². The second-order valence-electron chi connectivity index (χ2n) is 1.69. The van der Waals surface area contributed by atoms with Gasteiger partial charge in [0.05, 0.1) is 5.57 Å². The lowest BCUT2D eigenvalue weighted by molar-refractivity contribution is -0.135. The monoisotopic (exact) mass is 160 g/mol. The third kappa shape index (κ3) is 4.06. The summed E-state index contributed by atoms with van der Waals surface area (Å²) in [5.41, 5.74) is 1.75. The van der Waals surface area contributed by atoms with Gasteiger partial charge >= 0.3 is 11.9 Å². The number of nitrogens with two attached hydrogens (primary N) is 1. The molecule has 0 rings (SSSR count). The van der Waals surface area contributed by atoms with Gasteiger partial charge in [-0.05, 0) is 0 Å². The summed E-state index contributed by atoms with van der Waals surface area (Å²) >= 11 is 0. The van der Waals surface area contributed by atoms with Gasteiger partial charge in [-0.15, -0.1) is 0 Å². The standard InChI is InChI=1S/C5H8N2O4/c6-7-2-3(5(10)11)1-4(8)9/h1,7H,2,6H2,(H,8,9)(H,10,11)/b3-1+. The second-order valence-corrected chi connectivity index (χ2v) is 1.69. The summed E-state index contributed by atoms with van der Waals surface area (Å²) in [5, 5.41) is 16.5. The summed E-state index contributed by atoms with van der Waals surface area (Å²) in [4.78, 5) is 20.2. The van der Waals surface area contributed by atoms with Gasteiger partial charge in [0.15, 0.2) is 0 Å². The molecule has 0 spiro atoms. The highest BCUT2D eigenvalue weighted by atomic mass is 16.4. The molecule has 0 unspecified atom stereocenters. The number of aliphatic carboxylic acids is 2. The van der Waals surface area contributed by atoms with E-state index in [1.54, 1.807) is 0 Å². The molecular formula is C5H8N2O4. The van der Waals surface area contributed by atoms with Crippen molar-refractivity contribution in [2.75, 3.05) is 6.54 Å². The van der Waals surface area contributed by atoms with E-state index < -0.39 is 11.9 Å². The predicted octanol–water partition coefficient (Wildman–Crippen LogP) is -1.45. The lowest BCUT2D eigenvalue weighted by Gasteiger charge is -1.97. The fraction of sp³-hybridized carbons (Fsp3) is 0.200. The highest BCUT2D eigenvalue weighted by Gasteiger charge is 2.07. The van der Waals surface area contributed by atoms with Gasteiger partial charge in [0, 0.05) is 12.6 Å². The van der Waals surface area contributed by atoms with Crippen LogP contribution in [0, 0.1) is 0 Å². The van der Waals surface area contributed by atoms with Gasteiger partial charge in [0.2, 0.25) is 0 Å². The smallest absolute Gasteiger partial charge is 0.333 e. The lowest BCUT2D eigenvalue weighted by atomic mass is 10.2. The first-order chi connectivity index (χ1) is 5.07. The summed E-state index contributed by atoms with van der Waals surface area (Å²) in [6, 6.07) is 0. The average Bonchev–Trinajstić information content (AvgIpc) is 1.86. The van der Waals surface area contributed by atoms with Crippen LogP contribution >= 0.6 is 0 Å². The number of carboxylic acid groups (broad SMARTS) is 2. The van der Waals surface area contributed by atoms with E-state index in [9.17, 15) is 9.59 Å². The predicted molar refractivity (Wildman–Crippen MR) is 35.5 cm³/mol. The molecule has 0 aromatic heterocycles. The summed E-state index contributed by atoms with van der Waals surface area (Å²) in [6.45, 7) is -0.179. The van der Waals surface area contributed by atoms with Crippen molar-refractivity contribution >= 4 is 11.9 Å². The Morgan fingerprint density at radius 1 is 1.45 bits per heavy atom. The van der Waals surface area contributed by atoms with Crippen LogP contribution in [-0.2, 0) is 9.59 Å². The van der Waals surface area contributed by atoms with Crippen molar-refractivity contribution in [1.82, 2.24) is 5.43 Å². The Hall–Kier alpha value is -1.40. The van der Waals surface area contributed by atoms with Crippen LogP contribution in [0.25, 0.3) is 0 Å². The van der Waals surface area contributed by atoms with E-state index in [2.05, 4.69) is 0 Å². The van der Waals surface area contributed by atoms with Gasteiger partial charge in [0.25, 0.3) is 0 Å². The first-order valence-electron chi connectivity index (χ1n) is 2.68. The molecule has 0 atom stereocenters. The molecule has 0 aliphatic carbocycles. The Labute approximate surface area is 62.3 Å².